The van der Waals surface area contributed by atoms with Crippen LogP contribution in [0.5, 0.6) is 0 Å². The average molecular weight is 420 g/mol. The number of carbonyl (C=O) groups excluding carboxylic acids is 2. The maximum atomic E-state index is 13.1. The molecular weight excluding hydrogens is 402 g/mol. The molecule has 4 rings (SSSR count). The largest absolute Gasteiger partial charge is 0.503 e. The van der Waals surface area contributed by atoms with Crippen LogP contribution in [0.3, 0.4) is 0 Å². The Morgan fingerprint density at radius 1 is 0.967 bits per heavy atom. The molecule has 0 aromatic heterocycles. The minimum Gasteiger partial charge on any atom is -0.503 e. The highest BCUT2D eigenvalue weighted by molar-refractivity contribution is 6.30. The first-order valence-electron chi connectivity index (χ1n) is 9.27. The van der Waals surface area contributed by atoms with Gasteiger partial charge in [-0.1, -0.05) is 54.1 Å². The van der Waals surface area contributed by atoms with Crippen LogP contribution in [0.15, 0.2) is 84.6 Å². The summed E-state index contributed by atoms with van der Waals surface area (Å²) >= 11 is 6.02. The van der Waals surface area contributed by atoms with E-state index in [4.69, 9.17) is 16.3 Å². The summed E-state index contributed by atoms with van der Waals surface area (Å²) in [6, 6.07) is 22.3. The van der Waals surface area contributed by atoms with Crippen LogP contribution in [0.2, 0.25) is 5.02 Å². The van der Waals surface area contributed by atoms with E-state index in [-0.39, 0.29) is 5.76 Å². The van der Waals surface area contributed by atoms with Gasteiger partial charge < -0.3 is 9.84 Å². The molecule has 1 heterocycles. The normalized spacial score (nSPS) is 16.1. The Morgan fingerprint density at radius 2 is 1.60 bits per heavy atom. The number of anilines is 1. The maximum Gasteiger partial charge on any atom is 0.337 e. The van der Waals surface area contributed by atoms with Crippen LogP contribution in [0.25, 0.3) is 5.57 Å². The van der Waals surface area contributed by atoms with Crippen LogP contribution in [0.4, 0.5) is 5.69 Å². The molecule has 5 nitrogen and oxygen atoms in total. The van der Waals surface area contributed by atoms with Crippen molar-refractivity contribution in [1.29, 1.82) is 0 Å². The van der Waals surface area contributed by atoms with Crippen molar-refractivity contribution in [2.24, 2.45) is 0 Å². The van der Waals surface area contributed by atoms with Gasteiger partial charge in [-0.05, 0) is 47.5 Å². The molecular formula is C24H18ClNO4. The summed E-state index contributed by atoms with van der Waals surface area (Å²) in [5, 5.41) is 11.3. The first-order valence-corrected chi connectivity index (χ1v) is 9.65. The van der Waals surface area contributed by atoms with Gasteiger partial charge in [0.05, 0.1) is 18.7 Å². The van der Waals surface area contributed by atoms with E-state index >= 15 is 0 Å². The molecule has 0 aliphatic carbocycles. The number of hydrogen-bond acceptors (Lipinski definition) is 4. The van der Waals surface area contributed by atoms with E-state index < -0.39 is 17.9 Å². The fraction of sp³-hybridized carbons (Fsp3) is 0.0833. The third-order valence-corrected chi connectivity index (χ3v) is 5.30. The highest BCUT2D eigenvalue weighted by Gasteiger charge is 2.41. The monoisotopic (exact) mass is 419 g/mol. The summed E-state index contributed by atoms with van der Waals surface area (Å²) in [7, 11) is 1.32. The fourth-order valence-electron chi connectivity index (χ4n) is 3.62. The van der Waals surface area contributed by atoms with Crippen molar-refractivity contribution >= 4 is 34.7 Å². The van der Waals surface area contributed by atoms with E-state index in [0.29, 0.717) is 21.8 Å². The van der Waals surface area contributed by atoms with Gasteiger partial charge in [-0.25, -0.2) is 4.79 Å². The number of nitrogens with zero attached hydrogens (tertiary/aromatic N) is 1. The van der Waals surface area contributed by atoms with E-state index in [1.54, 1.807) is 48.5 Å². The zero-order valence-electron chi connectivity index (χ0n) is 16.1. The first-order chi connectivity index (χ1) is 14.5. The van der Waals surface area contributed by atoms with Gasteiger partial charge in [-0.15, -0.1) is 0 Å². The van der Waals surface area contributed by atoms with Gasteiger partial charge in [-0.3, -0.25) is 9.69 Å². The molecule has 1 N–H and O–H groups in total. The molecule has 1 atom stereocenters. The van der Waals surface area contributed by atoms with Crippen molar-refractivity contribution in [3.05, 3.63) is 106 Å². The molecule has 0 saturated carbocycles. The zero-order valence-corrected chi connectivity index (χ0v) is 16.8. The number of carbonyl (C=O) groups is 2. The minimum absolute atomic E-state index is 0.307. The fourth-order valence-corrected chi connectivity index (χ4v) is 3.75. The molecule has 1 unspecified atom stereocenters. The number of aliphatic hydroxyl groups excluding tert-OH is 1. The molecule has 1 amide bonds. The number of amides is 1. The third kappa shape index (κ3) is 3.44. The van der Waals surface area contributed by atoms with Crippen LogP contribution in [-0.2, 0) is 9.53 Å². The van der Waals surface area contributed by atoms with E-state index in [2.05, 4.69) is 0 Å². The molecule has 0 bridgehead atoms. The van der Waals surface area contributed by atoms with Gasteiger partial charge >= 0.3 is 5.97 Å². The molecule has 0 radical (unpaired) electrons. The Labute approximate surface area is 178 Å². The molecule has 1 aliphatic heterocycles. The second kappa shape index (κ2) is 8.05. The number of hydrogen-bond donors (Lipinski definition) is 1. The van der Waals surface area contributed by atoms with Crippen molar-refractivity contribution in [2.45, 2.75) is 6.04 Å². The van der Waals surface area contributed by atoms with Crippen LogP contribution >= 0.6 is 11.6 Å². The van der Waals surface area contributed by atoms with Gasteiger partial charge in [0, 0.05) is 16.3 Å². The Hall–Kier alpha value is -3.57. The first kappa shape index (κ1) is 19.7. The quantitative estimate of drug-likeness (QED) is 0.591. The number of benzene rings is 3. The van der Waals surface area contributed by atoms with Crippen molar-refractivity contribution in [3.8, 4) is 0 Å². The summed E-state index contributed by atoms with van der Waals surface area (Å²) in [5.41, 5.74) is 2.99. The number of ether oxygens (including phenoxy) is 1. The number of rotatable bonds is 4. The zero-order chi connectivity index (χ0) is 21.3. The van der Waals surface area contributed by atoms with Crippen molar-refractivity contribution in [2.75, 3.05) is 12.0 Å². The molecule has 1 aliphatic rings. The second-order valence-electron chi connectivity index (χ2n) is 6.80. The molecule has 3 aromatic carbocycles. The van der Waals surface area contributed by atoms with Crippen LogP contribution < -0.4 is 4.90 Å². The topological polar surface area (TPSA) is 66.8 Å². The second-order valence-corrected chi connectivity index (χ2v) is 7.23. The van der Waals surface area contributed by atoms with E-state index in [0.717, 1.165) is 11.1 Å². The van der Waals surface area contributed by atoms with E-state index in [1.807, 2.05) is 30.3 Å². The summed E-state index contributed by atoms with van der Waals surface area (Å²) in [4.78, 5) is 26.4. The highest BCUT2D eigenvalue weighted by Crippen LogP contribution is 2.45. The van der Waals surface area contributed by atoms with E-state index in [1.165, 1.54) is 12.0 Å². The molecule has 0 fully saturated rings. The average Bonchev–Trinajstić information content (AvgIpc) is 3.05. The Bertz CT molecular complexity index is 1120. The molecule has 3 aromatic rings. The maximum absolute atomic E-state index is 13.1. The predicted octanol–water partition coefficient (Wildman–Crippen LogP) is 5.18. The minimum atomic E-state index is -0.576. The van der Waals surface area contributed by atoms with Crippen molar-refractivity contribution in [3.63, 3.8) is 0 Å². The Balaban J connectivity index is 1.86. The Morgan fingerprint density at radius 3 is 2.20 bits per heavy atom. The predicted molar refractivity (Wildman–Crippen MR) is 115 cm³/mol. The van der Waals surface area contributed by atoms with E-state index in [9.17, 15) is 14.7 Å². The van der Waals surface area contributed by atoms with Gasteiger partial charge in [0.15, 0.2) is 5.76 Å². The van der Waals surface area contributed by atoms with Crippen LogP contribution in [-0.4, -0.2) is 24.1 Å². The number of halogens is 1. The number of methoxy groups -OCH3 is 1. The third-order valence-electron chi connectivity index (χ3n) is 5.05. The Kier molecular flexibility index (Phi) is 5.29. The molecule has 0 saturated heterocycles. The van der Waals surface area contributed by atoms with Crippen LogP contribution in [0, 0.1) is 0 Å². The molecule has 0 spiro atoms. The van der Waals surface area contributed by atoms with Gasteiger partial charge in [0.1, 0.15) is 0 Å². The van der Waals surface area contributed by atoms with Gasteiger partial charge in [-0.2, -0.15) is 0 Å². The number of esters is 1. The lowest BCUT2D eigenvalue weighted by molar-refractivity contribution is -0.117. The SMILES string of the molecule is COC(=O)c1ccc(C2C(c3ccccc3)=C(O)C(=O)N2c2ccc(Cl)cc2)cc1. The summed E-state index contributed by atoms with van der Waals surface area (Å²) < 4.78 is 4.76. The lowest BCUT2D eigenvalue weighted by atomic mass is 9.93. The van der Waals surface area contributed by atoms with Crippen LogP contribution in [0.1, 0.15) is 27.5 Å². The lowest BCUT2D eigenvalue weighted by Crippen LogP contribution is -2.30. The van der Waals surface area contributed by atoms with Gasteiger partial charge in [0.25, 0.3) is 5.91 Å². The lowest BCUT2D eigenvalue weighted by Gasteiger charge is -2.27. The van der Waals surface area contributed by atoms with Gasteiger partial charge in [0.2, 0.25) is 0 Å². The standard InChI is InChI=1S/C24H18ClNO4/c1-30-24(29)17-9-7-16(8-10-17)21-20(15-5-3-2-4-6-15)22(27)23(28)26(21)19-13-11-18(25)12-14-19/h2-14,21,27H,1H3. The highest BCUT2D eigenvalue weighted by atomic mass is 35.5. The van der Waals surface area contributed by atoms with Crippen molar-refractivity contribution < 1.29 is 19.4 Å². The summed E-state index contributed by atoms with van der Waals surface area (Å²) in [5.74, 6) is -1.25. The molecule has 30 heavy (non-hydrogen) atoms. The smallest absolute Gasteiger partial charge is 0.337 e. The summed E-state index contributed by atoms with van der Waals surface area (Å²) in [6.45, 7) is 0. The molecule has 150 valence electrons. The molecule has 6 heteroatoms. The summed E-state index contributed by atoms with van der Waals surface area (Å²) in [6.07, 6.45) is 0. The number of aliphatic hydroxyl groups is 1. The van der Waals surface area contributed by atoms with Crippen molar-refractivity contribution in [1.82, 2.24) is 0 Å².